The third-order valence-electron chi connectivity index (χ3n) is 5.81. The van der Waals surface area contributed by atoms with Crippen LogP contribution in [0.2, 0.25) is 0 Å². The highest BCUT2D eigenvalue weighted by atomic mass is 32.2. The molecular weight excluding hydrogens is 460 g/mol. The molecule has 1 amide bonds. The van der Waals surface area contributed by atoms with Crippen molar-refractivity contribution in [2.75, 3.05) is 23.8 Å². The number of hydrogen-bond acceptors (Lipinski definition) is 7. The summed E-state index contributed by atoms with van der Waals surface area (Å²) >= 11 is 1.39. The topological polar surface area (TPSA) is 101 Å². The highest BCUT2D eigenvalue weighted by Gasteiger charge is 2.24. The molecule has 1 fully saturated rings. The molecule has 0 radical (unpaired) electrons. The molecule has 1 aliphatic carbocycles. The molecule has 1 aromatic heterocycles. The first-order valence-electron chi connectivity index (χ1n) is 10.8. The summed E-state index contributed by atoms with van der Waals surface area (Å²) in [5, 5.41) is 12.5. The zero-order valence-electron chi connectivity index (χ0n) is 18.5. The normalized spacial score (nSPS) is 14.6. The van der Waals surface area contributed by atoms with Crippen LogP contribution in [0.25, 0.3) is 0 Å². The molecule has 3 aromatic rings. The molecule has 4 rings (SSSR count). The van der Waals surface area contributed by atoms with E-state index in [-0.39, 0.29) is 10.5 Å². The van der Waals surface area contributed by atoms with E-state index in [1.54, 1.807) is 43.5 Å². The molecule has 1 aliphatic rings. The number of nitrogens with zero attached hydrogens (tertiary/aromatic N) is 3. The van der Waals surface area contributed by atoms with Crippen LogP contribution in [0.5, 0.6) is 5.75 Å². The van der Waals surface area contributed by atoms with Crippen LogP contribution in [-0.4, -0.2) is 38.7 Å². The predicted molar refractivity (Wildman–Crippen MR) is 129 cm³/mol. The van der Waals surface area contributed by atoms with E-state index < -0.39 is 15.9 Å². The number of benzene rings is 2. The Bertz CT molecular complexity index is 1220. The van der Waals surface area contributed by atoms with Gasteiger partial charge in [-0.1, -0.05) is 36.7 Å². The Kier molecular flexibility index (Phi) is 6.94. The number of carbonyl (C=O) groups excluding carboxylic acids is 1. The van der Waals surface area contributed by atoms with Gasteiger partial charge in [0.2, 0.25) is 5.13 Å². The number of amides is 1. The minimum Gasteiger partial charge on any atom is -0.497 e. The van der Waals surface area contributed by atoms with Gasteiger partial charge in [0, 0.05) is 18.5 Å². The third kappa shape index (κ3) is 5.17. The Balaban J connectivity index is 1.49. The van der Waals surface area contributed by atoms with Crippen LogP contribution in [-0.2, 0) is 10.0 Å². The Morgan fingerprint density at radius 2 is 1.82 bits per heavy atom. The van der Waals surface area contributed by atoms with Crippen LogP contribution in [0.1, 0.15) is 53.4 Å². The molecule has 0 atom stereocenters. The fourth-order valence-corrected chi connectivity index (χ4v) is 6.01. The van der Waals surface area contributed by atoms with Gasteiger partial charge in [0.05, 0.1) is 17.7 Å². The van der Waals surface area contributed by atoms with E-state index in [0.717, 1.165) is 17.8 Å². The highest BCUT2D eigenvalue weighted by molar-refractivity contribution is 7.92. The van der Waals surface area contributed by atoms with Crippen molar-refractivity contribution in [1.82, 2.24) is 10.2 Å². The van der Waals surface area contributed by atoms with E-state index in [9.17, 15) is 13.2 Å². The number of rotatable bonds is 7. The van der Waals surface area contributed by atoms with Gasteiger partial charge in [-0.2, -0.15) is 0 Å². The second-order valence-corrected chi connectivity index (χ2v) is 10.9. The average Bonchev–Trinajstić information content (AvgIpc) is 3.32. The minimum absolute atomic E-state index is 0.0219. The van der Waals surface area contributed by atoms with Gasteiger partial charge in [-0.15, -0.1) is 10.2 Å². The molecule has 0 saturated heterocycles. The molecule has 0 spiro atoms. The van der Waals surface area contributed by atoms with Crippen LogP contribution in [0, 0.1) is 0 Å². The van der Waals surface area contributed by atoms with Gasteiger partial charge in [-0.3, -0.25) is 14.4 Å². The summed E-state index contributed by atoms with van der Waals surface area (Å²) in [6.45, 7) is 0. The number of methoxy groups -OCH3 is 1. The van der Waals surface area contributed by atoms with Gasteiger partial charge in [0.25, 0.3) is 15.9 Å². The van der Waals surface area contributed by atoms with Crippen molar-refractivity contribution in [3.8, 4) is 5.75 Å². The molecule has 8 nitrogen and oxygen atoms in total. The van der Waals surface area contributed by atoms with Crippen molar-refractivity contribution in [2.45, 2.75) is 42.9 Å². The van der Waals surface area contributed by atoms with E-state index in [0.29, 0.717) is 22.5 Å². The lowest BCUT2D eigenvalue weighted by atomic mass is 9.90. The zero-order chi connectivity index (χ0) is 23.4. The number of aromatic nitrogens is 2. The molecule has 0 bridgehead atoms. The monoisotopic (exact) mass is 486 g/mol. The molecule has 2 aromatic carbocycles. The summed E-state index contributed by atoms with van der Waals surface area (Å²) < 4.78 is 32.6. The lowest BCUT2D eigenvalue weighted by molar-refractivity contribution is 0.102. The maximum Gasteiger partial charge on any atom is 0.264 e. The van der Waals surface area contributed by atoms with E-state index >= 15 is 0 Å². The smallest absolute Gasteiger partial charge is 0.264 e. The molecule has 1 saturated carbocycles. The van der Waals surface area contributed by atoms with E-state index in [1.165, 1.54) is 54.1 Å². The Morgan fingerprint density at radius 1 is 1.09 bits per heavy atom. The van der Waals surface area contributed by atoms with Gasteiger partial charge >= 0.3 is 0 Å². The Labute approximate surface area is 197 Å². The van der Waals surface area contributed by atoms with Crippen molar-refractivity contribution in [3.05, 3.63) is 59.1 Å². The summed E-state index contributed by atoms with van der Waals surface area (Å²) in [6.07, 6.45) is 5.84. The fourth-order valence-electron chi connectivity index (χ4n) is 3.86. The Hall–Kier alpha value is -2.98. The minimum atomic E-state index is -3.86. The predicted octanol–water partition coefficient (Wildman–Crippen LogP) is 4.67. The standard InChI is InChI=1S/C23H26N4O4S2/c1-27(18-11-13-19(31-2)14-12-18)33(29,30)20-10-6-9-17(15-20)21(28)24-23-26-25-22(32-23)16-7-4-3-5-8-16/h6,9-16H,3-5,7-8H2,1-2H3,(H,24,26,28). The van der Waals surface area contributed by atoms with Gasteiger partial charge in [0.15, 0.2) is 0 Å². The first-order chi connectivity index (χ1) is 15.9. The van der Waals surface area contributed by atoms with Crippen LogP contribution in [0.3, 0.4) is 0 Å². The highest BCUT2D eigenvalue weighted by Crippen LogP contribution is 2.35. The summed E-state index contributed by atoms with van der Waals surface area (Å²) in [6, 6.07) is 12.7. The van der Waals surface area contributed by atoms with Crippen LogP contribution >= 0.6 is 11.3 Å². The molecule has 0 unspecified atom stereocenters. The van der Waals surface area contributed by atoms with Crippen molar-refractivity contribution < 1.29 is 17.9 Å². The lowest BCUT2D eigenvalue weighted by Gasteiger charge is -2.20. The van der Waals surface area contributed by atoms with Gasteiger partial charge < -0.3 is 4.74 Å². The first-order valence-corrected chi connectivity index (χ1v) is 13.0. The van der Waals surface area contributed by atoms with Crippen LogP contribution in [0.15, 0.2) is 53.4 Å². The zero-order valence-corrected chi connectivity index (χ0v) is 20.2. The first kappa shape index (κ1) is 23.2. The maximum atomic E-state index is 13.1. The third-order valence-corrected chi connectivity index (χ3v) is 8.59. The number of anilines is 2. The molecular formula is C23H26N4O4S2. The number of nitrogens with one attached hydrogen (secondary N) is 1. The number of sulfonamides is 1. The molecule has 1 heterocycles. The molecule has 1 N–H and O–H groups in total. The summed E-state index contributed by atoms with van der Waals surface area (Å²) in [4.78, 5) is 12.8. The van der Waals surface area contributed by atoms with E-state index in [2.05, 4.69) is 15.5 Å². The second kappa shape index (κ2) is 9.88. The number of carbonyl (C=O) groups is 1. The van der Waals surface area contributed by atoms with Gasteiger partial charge in [-0.05, 0) is 55.3 Å². The molecule has 174 valence electrons. The fraction of sp³-hybridized carbons (Fsp3) is 0.348. The molecule has 0 aliphatic heterocycles. The average molecular weight is 487 g/mol. The Morgan fingerprint density at radius 3 is 2.52 bits per heavy atom. The molecule has 10 heteroatoms. The lowest BCUT2D eigenvalue weighted by Crippen LogP contribution is -2.26. The van der Waals surface area contributed by atoms with Crippen molar-refractivity contribution in [2.24, 2.45) is 0 Å². The number of hydrogen-bond donors (Lipinski definition) is 1. The largest absolute Gasteiger partial charge is 0.497 e. The van der Waals surface area contributed by atoms with Gasteiger partial charge in [0.1, 0.15) is 10.8 Å². The van der Waals surface area contributed by atoms with Crippen molar-refractivity contribution in [1.29, 1.82) is 0 Å². The van der Waals surface area contributed by atoms with Crippen molar-refractivity contribution >= 4 is 38.1 Å². The number of ether oxygens (including phenoxy) is 1. The van der Waals surface area contributed by atoms with Crippen molar-refractivity contribution in [3.63, 3.8) is 0 Å². The summed E-state index contributed by atoms with van der Waals surface area (Å²) in [5.41, 5.74) is 0.711. The molecule has 33 heavy (non-hydrogen) atoms. The van der Waals surface area contributed by atoms with Crippen LogP contribution in [0.4, 0.5) is 10.8 Å². The second-order valence-electron chi connectivity index (χ2n) is 7.93. The SMILES string of the molecule is COc1ccc(N(C)S(=O)(=O)c2cccc(C(=O)Nc3nnc(C4CCCCC4)s3)c2)cc1. The summed E-state index contributed by atoms with van der Waals surface area (Å²) in [7, 11) is -0.847. The quantitative estimate of drug-likeness (QED) is 0.521. The maximum absolute atomic E-state index is 13.1. The van der Waals surface area contributed by atoms with E-state index in [4.69, 9.17) is 4.74 Å². The van der Waals surface area contributed by atoms with Crippen LogP contribution < -0.4 is 14.4 Å². The van der Waals surface area contributed by atoms with Gasteiger partial charge in [-0.25, -0.2) is 8.42 Å². The van der Waals surface area contributed by atoms with E-state index in [1.807, 2.05) is 0 Å². The summed E-state index contributed by atoms with van der Waals surface area (Å²) in [5.74, 6) is 0.612.